The first-order valence-corrected chi connectivity index (χ1v) is 7.83. The van der Waals surface area contributed by atoms with Crippen molar-refractivity contribution in [3.63, 3.8) is 0 Å². The fraction of sp³-hybridized carbons (Fsp3) is 0.176. The van der Waals surface area contributed by atoms with Crippen LogP contribution in [0.1, 0.15) is 28.5 Å². The van der Waals surface area contributed by atoms with E-state index in [2.05, 4.69) is 4.98 Å². The van der Waals surface area contributed by atoms with Crippen molar-refractivity contribution in [3.05, 3.63) is 53.2 Å². The second-order valence-electron chi connectivity index (χ2n) is 5.30. The molecule has 112 valence electrons. The molecule has 1 aromatic heterocycles. The van der Waals surface area contributed by atoms with Crippen LogP contribution >= 0.6 is 34.8 Å². The molecule has 0 aliphatic heterocycles. The molecule has 1 heterocycles. The van der Waals surface area contributed by atoms with Crippen LogP contribution in [0.25, 0.3) is 21.7 Å². The number of ketones is 1. The number of carbonyl (C=O) groups is 1. The van der Waals surface area contributed by atoms with E-state index in [4.69, 9.17) is 34.8 Å². The van der Waals surface area contributed by atoms with Gasteiger partial charge in [0, 0.05) is 16.3 Å². The molecule has 0 amide bonds. The Labute approximate surface area is 143 Å². The lowest BCUT2D eigenvalue weighted by atomic mass is 9.99. The fourth-order valence-electron chi connectivity index (χ4n) is 2.55. The summed E-state index contributed by atoms with van der Waals surface area (Å²) in [7, 11) is 0. The molecule has 3 aromatic rings. The molecule has 0 radical (unpaired) electrons. The fourth-order valence-corrected chi connectivity index (χ4v) is 2.99. The van der Waals surface area contributed by atoms with Crippen LogP contribution in [-0.2, 0) is 3.79 Å². The lowest BCUT2D eigenvalue weighted by molar-refractivity contribution is 0.101. The van der Waals surface area contributed by atoms with Crippen LogP contribution in [0.5, 0.6) is 0 Å². The maximum atomic E-state index is 11.6. The highest BCUT2D eigenvalue weighted by atomic mass is 35.6. The molecule has 0 saturated heterocycles. The highest BCUT2D eigenvalue weighted by Gasteiger charge is 2.28. The largest absolute Gasteiger partial charge is 0.295 e. The van der Waals surface area contributed by atoms with E-state index in [1.807, 2.05) is 31.2 Å². The van der Waals surface area contributed by atoms with Crippen molar-refractivity contribution in [2.75, 3.05) is 0 Å². The Kier molecular flexibility index (Phi) is 3.80. The predicted molar refractivity (Wildman–Crippen MR) is 93.2 cm³/mol. The van der Waals surface area contributed by atoms with E-state index >= 15 is 0 Å². The zero-order valence-electron chi connectivity index (χ0n) is 12.0. The van der Waals surface area contributed by atoms with Gasteiger partial charge in [0.2, 0.25) is 3.79 Å². The molecule has 5 heteroatoms. The topological polar surface area (TPSA) is 30.0 Å². The molecule has 0 bridgehead atoms. The Bertz CT molecular complexity index is 913. The Hall–Kier alpha value is -1.35. The third-order valence-corrected chi connectivity index (χ3v) is 4.16. The van der Waals surface area contributed by atoms with Gasteiger partial charge < -0.3 is 0 Å². The summed E-state index contributed by atoms with van der Waals surface area (Å²) in [5, 5.41) is 2.58. The minimum Gasteiger partial charge on any atom is -0.295 e. The van der Waals surface area contributed by atoms with Gasteiger partial charge in [0.05, 0.1) is 5.52 Å². The van der Waals surface area contributed by atoms with Gasteiger partial charge in [-0.1, -0.05) is 58.6 Å². The van der Waals surface area contributed by atoms with Gasteiger partial charge in [-0.3, -0.25) is 4.79 Å². The number of hydrogen-bond donors (Lipinski definition) is 0. The second-order valence-corrected chi connectivity index (χ2v) is 7.58. The van der Waals surface area contributed by atoms with Crippen molar-refractivity contribution >= 4 is 62.3 Å². The third-order valence-electron chi connectivity index (χ3n) is 3.62. The quantitative estimate of drug-likeness (QED) is 0.318. The van der Waals surface area contributed by atoms with Crippen LogP contribution in [0.4, 0.5) is 0 Å². The monoisotopic (exact) mass is 351 g/mol. The molecule has 22 heavy (non-hydrogen) atoms. The summed E-state index contributed by atoms with van der Waals surface area (Å²) in [6, 6.07) is 11.3. The number of benzene rings is 2. The summed E-state index contributed by atoms with van der Waals surface area (Å²) < 4.78 is -1.66. The van der Waals surface area contributed by atoms with Gasteiger partial charge in [-0.25, -0.2) is 4.98 Å². The van der Waals surface area contributed by atoms with E-state index in [1.54, 1.807) is 12.1 Å². The van der Waals surface area contributed by atoms with Gasteiger partial charge in [-0.05, 0) is 37.4 Å². The highest BCUT2D eigenvalue weighted by molar-refractivity contribution is 6.67. The van der Waals surface area contributed by atoms with Crippen LogP contribution in [0.15, 0.2) is 36.4 Å². The summed E-state index contributed by atoms with van der Waals surface area (Å²) in [5.74, 6) is -0.0403. The van der Waals surface area contributed by atoms with E-state index in [9.17, 15) is 4.79 Å². The van der Waals surface area contributed by atoms with E-state index in [0.29, 0.717) is 16.6 Å². The molecule has 0 N–H and O–H groups in total. The maximum Gasteiger partial charge on any atom is 0.233 e. The molecule has 0 fully saturated rings. The number of pyridine rings is 1. The van der Waals surface area contributed by atoms with Crippen molar-refractivity contribution in [1.82, 2.24) is 4.98 Å². The number of alkyl halides is 3. The van der Waals surface area contributed by atoms with Gasteiger partial charge in [-0.2, -0.15) is 0 Å². The number of aromatic nitrogens is 1. The molecule has 3 rings (SSSR count). The first-order valence-electron chi connectivity index (χ1n) is 6.69. The first kappa shape index (κ1) is 15.5. The number of rotatable bonds is 1. The minimum atomic E-state index is -1.66. The van der Waals surface area contributed by atoms with E-state index < -0.39 is 3.79 Å². The number of hydrogen-bond acceptors (Lipinski definition) is 2. The predicted octanol–water partition coefficient (Wildman–Crippen LogP) is 5.73. The molecule has 0 aliphatic rings. The number of halogens is 3. The SMILES string of the molecule is CC(=O)c1ccc2c(c1)c(C(Cl)(Cl)Cl)nc1ccc(C)cc12. The maximum absolute atomic E-state index is 11.6. The van der Waals surface area contributed by atoms with Crippen molar-refractivity contribution in [2.24, 2.45) is 0 Å². The molecule has 0 aliphatic carbocycles. The van der Waals surface area contributed by atoms with Gasteiger partial charge in [0.25, 0.3) is 0 Å². The van der Waals surface area contributed by atoms with Crippen molar-refractivity contribution in [1.29, 1.82) is 0 Å². The summed E-state index contributed by atoms with van der Waals surface area (Å²) in [6.45, 7) is 3.52. The Morgan fingerprint density at radius 1 is 1.00 bits per heavy atom. The lowest BCUT2D eigenvalue weighted by Gasteiger charge is -2.16. The van der Waals surface area contributed by atoms with E-state index in [-0.39, 0.29) is 5.78 Å². The second kappa shape index (κ2) is 5.38. The zero-order chi connectivity index (χ0) is 16.1. The first-order chi connectivity index (χ1) is 10.3. The molecule has 0 saturated carbocycles. The molecule has 0 unspecified atom stereocenters. The average Bonchev–Trinajstić information content (AvgIpc) is 2.44. The van der Waals surface area contributed by atoms with Crippen LogP contribution in [0.3, 0.4) is 0 Å². The Morgan fingerprint density at radius 2 is 1.73 bits per heavy atom. The van der Waals surface area contributed by atoms with Crippen molar-refractivity contribution < 1.29 is 4.79 Å². The molecule has 0 atom stereocenters. The summed E-state index contributed by atoms with van der Waals surface area (Å²) in [4.78, 5) is 16.2. The molecular formula is C17H12Cl3NO. The van der Waals surface area contributed by atoms with Crippen molar-refractivity contribution in [3.8, 4) is 0 Å². The van der Waals surface area contributed by atoms with Crippen LogP contribution in [0.2, 0.25) is 0 Å². The molecule has 2 nitrogen and oxygen atoms in total. The molecular weight excluding hydrogens is 341 g/mol. The summed E-state index contributed by atoms with van der Waals surface area (Å²) >= 11 is 18.3. The number of aryl methyl sites for hydroxylation is 1. The highest BCUT2D eigenvalue weighted by Crippen LogP contribution is 2.42. The zero-order valence-corrected chi connectivity index (χ0v) is 14.2. The van der Waals surface area contributed by atoms with Crippen LogP contribution in [-0.4, -0.2) is 10.8 Å². The lowest BCUT2D eigenvalue weighted by Crippen LogP contribution is -2.06. The van der Waals surface area contributed by atoms with Gasteiger partial charge in [0.1, 0.15) is 5.69 Å². The average molecular weight is 353 g/mol. The van der Waals surface area contributed by atoms with Crippen molar-refractivity contribution in [2.45, 2.75) is 17.6 Å². The summed E-state index contributed by atoms with van der Waals surface area (Å²) in [6.07, 6.45) is 0. The molecule has 2 aromatic carbocycles. The Morgan fingerprint density at radius 3 is 2.36 bits per heavy atom. The van der Waals surface area contributed by atoms with E-state index in [0.717, 1.165) is 21.9 Å². The summed E-state index contributed by atoms with van der Waals surface area (Å²) in [5.41, 5.74) is 2.78. The smallest absolute Gasteiger partial charge is 0.233 e. The van der Waals surface area contributed by atoms with Crippen LogP contribution < -0.4 is 0 Å². The molecule has 0 spiro atoms. The normalized spacial score (nSPS) is 12.0. The van der Waals surface area contributed by atoms with Crippen LogP contribution in [0, 0.1) is 6.92 Å². The number of fused-ring (bicyclic) bond motifs is 3. The van der Waals surface area contributed by atoms with E-state index in [1.165, 1.54) is 6.92 Å². The Balaban J connectivity index is 2.51. The third kappa shape index (κ3) is 2.67. The standard InChI is InChI=1S/C17H12Cl3NO/c1-9-3-6-15-13(7-9)12-5-4-11(10(2)22)8-14(12)16(21-15)17(18,19)20/h3-8H,1-2H3. The number of Topliss-reactive ketones (excluding diaryl/α,β-unsaturated/α-hetero) is 1. The number of carbonyl (C=O) groups excluding carboxylic acids is 1. The minimum absolute atomic E-state index is 0.0403. The van der Waals surface area contributed by atoms with Gasteiger partial charge >= 0.3 is 0 Å². The van der Waals surface area contributed by atoms with Gasteiger partial charge in [0.15, 0.2) is 5.78 Å². The van der Waals surface area contributed by atoms with Gasteiger partial charge in [-0.15, -0.1) is 0 Å². The number of nitrogens with zero attached hydrogens (tertiary/aromatic N) is 1.